The van der Waals surface area contributed by atoms with Crippen LogP contribution in [0.1, 0.15) is 73.8 Å². The first kappa shape index (κ1) is 35.6. The molecule has 2 unspecified atom stereocenters. The van der Waals surface area contributed by atoms with E-state index >= 15 is 0 Å². The first-order chi connectivity index (χ1) is 16.6. The average molecular weight is 623 g/mol. The van der Waals surface area contributed by atoms with E-state index in [2.05, 4.69) is 90.5 Å². The van der Waals surface area contributed by atoms with Crippen LogP contribution >= 0.6 is 31.9 Å². The van der Waals surface area contributed by atoms with Gasteiger partial charge in [-0.2, -0.15) is 0 Å². The Morgan fingerprint density at radius 1 is 0.914 bits per heavy atom. The first-order valence-corrected chi connectivity index (χ1v) is 14.0. The zero-order valence-corrected chi connectivity index (χ0v) is 26.0. The molecule has 0 fully saturated rings. The van der Waals surface area contributed by atoms with Crippen LogP contribution in [0.5, 0.6) is 5.75 Å². The second-order valence-corrected chi connectivity index (χ2v) is 9.68. The Labute approximate surface area is 229 Å². The number of halogens is 2. The summed E-state index contributed by atoms with van der Waals surface area (Å²) in [5, 5.41) is 2.49. The molecule has 0 radical (unpaired) electrons. The van der Waals surface area contributed by atoms with Crippen molar-refractivity contribution in [3.05, 3.63) is 39.3 Å². The maximum Gasteiger partial charge on any atom is 0.407 e. The molecule has 1 N–H and O–H groups in total. The summed E-state index contributed by atoms with van der Waals surface area (Å²) >= 11 is 7.24. The molecule has 0 aliphatic heterocycles. The Balaban J connectivity index is 0. The number of amides is 1. The van der Waals surface area contributed by atoms with Crippen LogP contribution in [0.2, 0.25) is 0 Å². The van der Waals surface area contributed by atoms with Gasteiger partial charge in [0, 0.05) is 6.08 Å². The van der Waals surface area contributed by atoms with Crippen molar-refractivity contribution in [3.63, 3.8) is 0 Å². The number of rotatable bonds is 12. The van der Waals surface area contributed by atoms with Gasteiger partial charge in [-0.25, -0.2) is 9.59 Å². The van der Waals surface area contributed by atoms with Gasteiger partial charge >= 0.3 is 12.1 Å². The van der Waals surface area contributed by atoms with Gasteiger partial charge in [-0.3, -0.25) is 0 Å². The van der Waals surface area contributed by atoms with Gasteiger partial charge in [0.15, 0.2) is 0 Å². The molecule has 0 aliphatic carbocycles. The molecule has 0 heterocycles. The number of nitrogens with one attached hydrogen (secondary N) is 1. The summed E-state index contributed by atoms with van der Waals surface area (Å²) in [5.41, 5.74) is 1.26. The van der Waals surface area contributed by atoms with Crippen molar-refractivity contribution in [1.29, 1.82) is 0 Å². The summed E-state index contributed by atoms with van der Waals surface area (Å²) in [6, 6.07) is 4.23. The van der Waals surface area contributed by atoms with Crippen molar-refractivity contribution < 1.29 is 23.8 Å². The Morgan fingerprint density at radius 3 is 1.91 bits per heavy atom. The van der Waals surface area contributed by atoms with Gasteiger partial charge in [0.1, 0.15) is 25.6 Å². The molecule has 1 aromatic rings. The maximum absolute atomic E-state index is 11.6. The van der Waals surface area contributed by atoms with Crippen LogP contribution in [0.3, 0.4) is 0 Å². The van der Waals surface area contributed by atoms with E-state index in [0.717, 1.165) is 15.0 Å². The molecule has 0 aliphatic rings. The maximum atomic E-state index is 11.6. The third-order valence-corrected chi connectivity index (χ3v) is 6.27. The molecule has 1 aromatic carbocycles. The summed E-state index contributed by atoms with van der Waals surface area (Å²) in [6.45, 7) is 23.1. The van der Waals surface area contributed by atoms with Crippen LogP contribution in [0.4, 0.5) is 4.79 Å². The van der Waals surface area contributed by atoms with E-state index in [9.17, 15) is 9.59 Å². The minimum absolute atomic E-state index is 0.0511. The molecule has 0 aromatic heterocycles. The summed E-state index contributed by atoms with van der Waals surface area (Å²) in [4.78, 5) is 22.5. The standard InChI is InChI=1S/C23H33Br2NO5.2C2H6/c1-7-20(27)29-9-8-26-23(28)31-11-10-30-22-18(24)12-17(13-19(22)25)21(15(4)5)16(6)14(2)3;2*1-2/h7,12-16,21H,1,8-11H2,2-6H3,(H,26,28);2*1-2H3. The topological polar surface area (TPSA) is 73.9 Å². The van der Waals surface area contributed by atoms with Gasteiger partial charge in [0.2, 0.25) is 0 Å². The Kier molecular flexibility index (Phi) is 21.0. The second-order valence-electron chi connectivity index (χ2n) is 7.97. The van der Waals surface area contributed by atoms with E-state index in [4.69, 9.17) is 14.2 Å². The van der Waals surface area contributed by atoms with E-state index < -0.39 is 12.1 Å². The predicted molar refractivity (Wildman–Crippen MR) is 152 cm³/mol. The van der Waals surface area contributed by atoms with Crippen LogP contribution in [0.25, 0.3) is 0 Å². The largest absolute Gasteiger partial charge is 0.488 e. The van der Waals surface area contributed by atoms with Crippen LogP contribution in [0, 0.1) is 17.8 Å². The van der Waals surface area contributed by atoms with Crippen molar-refractivity contribution in [2.45, 2.75) is 68.2 Å². The number of alkyl carbamates (subject to hydrolysis) is 1. The molecule has 8 heteroatoms. The lowest BCUT2D eigenvalue weighted by atomic mass is 9.74. The zero-order valence-electron chi connectivity index (χ0n) is 22.9. The summed E-state index contributed by atoms with van der Waals surface area (Å²) in [7, 11) is 0. The number of carbonyl (C=O) groups is 2. The van der Waals surface area contributed by atoms with E-state index in [1.54, 1.807) is 0 Å². The normalized spacial score (nSPS) is 11.8. The highest BCUT2D eigenvalue weighted by atomic mass is 79.9. The van der Waals surface area contributed by atoms with Crippen LogP contribution in [0.15, 0.2) is 33.7 Å². The number of hydrogen-bond donors (Lipinski definition) is 1. The monoisotopic (exact) mass is 621 g/mol. The van der Waals surface area contributed by atoms with Gasteiger partial charge in [-0.1, -0.05) is 68.9 Å². The fraction of sp³-hybridized carbons (Fsp3) is 0.630. The summed E-state index contributed by atoms with van der Waals surface area (Å²) in [6.07, 6.45) is 0.459. The number of ether oxygens (including phenoxy) is 3. The molecule has 202 valence electrons. The van der Waals surface area contributed by atoms with E-state index in [-0.39, 0.29) is 26.4 Å². The van der Waals surface area contributed by atoms with Crippen molar-refractivity contribution >= 4 is 43.9 Å². The zero-order chi connectivity index (χ0) is 27.6. The van der Waals surface area contributed by atoms with E-state index in [1.165, 1.54) is 5.56 Å². The number of esters is 1. The minimum atomic E-state index is -0.603. The molecule has 0 saturated heterocycles. The lowest BCUT2D eigenvalue weighted by Gasteiger charge is -2.31. The first-order valence-electron chi connectivity index (χ1n) is 12.4. The van der Waals surface area contributed by atoms with Crippen molar-refractivity contribution in [2.24, 2.45) is 17.8 Å². The highest BCUT2D eigenvalue weighted by Gasteiger charge is 2.26. The highest BCUT2D eigenvalue weighted by Crippen LogP contribution is 2.42. The molecule has 0 spiro atoms. The van der Waals surface area contributed by atoms with E-state index in [0.29, 0.717) is 29.4 Å². The van der Waals surface area contributed by atoms with Crippen LogP contribution < -0.4 is 10.1 Å². The SMILES string of the molecule is C=CC(=O)OCCNC(=O)OCCOc1c(Br)cc(C(C(C)C)C(C)C(C)C)cc1Br.CC.CC. The summed E-state index contributed by atoms with van der Waals surface area (Å²) < 4.78 is 17.3. The fourth-order valence-electron chi connectivity index (χ4n) is 3.31. The molecule has 6 nitrogen and oxygen atoms in total. The number of hydrogen-bond acceptors (Lipinski definition) is 5. The van der Waals surface area contributed by atoms with Crippen molar-refractivity contribution in [3.8, 4) is 5.75 Å². The lowest BCUT2D eigenvalue weighted by Crippen LogP contribution is -2.29. The van der Waals surface area contributed by atoms with Crippen molar-refractivity contribution in [2.75, 3.05) is 26.4 Å². The number of carbonyl (C=O) groups excluding carboxylic acids is 2. The fourth-order valence-corrected chi connectivity index (χ4v) is 4.76. The van der Waals surface area contributed by atoms with Crippen LogP contribution in [-0.2, 0) is 14.3 Å². The molecule has 0 bridgehead atoms. The average Bonchev–Trinajstić information content (AvgIpc) is 2.83. The molecule has 0 saturated carbocycles. The quantitative estimate of drug-likeness (QED) is 0.145. The number of benzene rings is 1. The van der Waals surface area contributed by atoms with Gasteiger partial charge in [-0.05, 0) is 73.2 Å². The molecule has 2 atom stereocenters. The van der Waals surface area contributed by atoms with Gasteiger partial charge in [0.25, 0.3) is 0 Å². The van der Waals surface area contributed by atoms with E-state index in [1.807, 2.05) is 27.7 Å². The molecular weight excluding hydrogens is 578 g/mol. The summed E-state index contributed by atoms with van der Waals surface area (Å²) in [5.74, 6) is 2.19. The van der Waals surface area contributed by atoms with Gasteiger partial charge in [0.05, 0.1) is 15.5 Å². The molecule has 1 rings (SSSR count). The minimum Gasteiger partial charge on any atom is -0.488 e. The smallest absolute Gasteiger partial charge is 0.407 e. The molecular formula is C27H45Br2NO5. The Bertz CT molecular complexity index is 730. The second kappa shape index (κ2) is 20.6. The lowest BCUT2D eigenvalue weighted by molar-refractivity contribution is -0.137. The van der Waals surface area contributed by atoms with Crippen LogP contribution in [-0.4, -0.2) is 38.4 Å². The third-order valence-electron chi connectivity index (χ3n) is 5.09. The van der Waals surface area contributed by atoms with Gasteiger partial charge < -0.3 is 19.5 Å². The predicted octanol–water partition coefficient (Wildman–Crippen LogP) is 8.13. The Morgan fingerprint density at radius 2 is 1.46 bits per heavy atom. The Hall–Kier alpha value is -1.54. The van der Waals surface area contributed by atoms with Gasteiger partial charge in [-0.15, -0.1) is 0 Å². The van der Waals surface area contributed by atoms with Crippen molar-refractivity contribution in [1.82, 2.24) is 5.32 Å². The molecule has 1 amide bonds. The molecule has 35 heavy (non-hydrogen) atoms. The highest BCUT2D eigenvalue weighted by molar-refractivity contribution is 9.11. The third kappa shape index (κ3) is 14.0.